The SMILES string of the molecule is NCCCCc1csc(-c2cccnc2)n1. The number of hydrogen-bond acceptors (Lipinski definition) is 4. The number of unbranched alkanes of at least 4 members (excludes halogenated alkanes) is 1. The Balaban J connectivity index is 2.02. The summed E-state index contributed by atoms with van der Waals surface area (Å²) in [5, 5.41) is 3.18. The normalized spacial score (nSPS) is 10.6. The lowest BCUT2D eigenvalue weighted by Crippen LogP contribution is -1.99. The van der Waals surface area contributed by atoms with E-state index in [1.807, 2.05) is 18.3 Å². The maximum atomic E-state index is 5.46. The van der Waals surface area contributed by atoms with E-state index in [-0.39, 0.29) is 0 Å². The molecule has 84 valence electrons. The second-order valence-electron chi connectivity index (χ2n) is 3.63. The summed E-state index contributed by atoms with van der Waals surface area (Å²) in [4.78, 5) is 8.69. The van der Waals surface area contributed by atoms with Gasteiger partial charge in [-0.2, -0.15) is 0 Å². The Hall–Kier alpha value is -1.26. The van der Waals surface area contributed by atoms with Crippen molar-refractivity contribution in [2.75, 3.05) is 6.54 Å². The van der Waals surface area contributed by atoms with Crippen LogP contribution >= 0.6 is 11.3 Å². The summed E-state index contributed by atoms with van der Waals surface area (Å²) in [6.07, 6.45) is 6.84. The van der Waals surface area contributed by atoms with Crippen LogP contribution in [0.1, 0.15) is 18.5 Å². The Morgan fingerprint density at radius 3 is 3.00 bits per heavy atom. The molecule has 16 heavy (non-hydrogen) atoms. The molecule has 0 aliphatic rings. The minimum absolute atomic E-state index is 0.763. The van der Waals surface area contributed by atoms with Gasteiger partial charge in [0, 0.05) is 23.3 Å². The maximum absolute atomic E-state index is 5.46. The third-order valence-electron chi connectivity index (χ3n) is 2.35. The number of aromatic nitrogens is 2. The molecule has 0 radical (unpaired) electrons. The number of hydrogen-bond donors (Lipinski definition) is 1. The third kappa shape index (κ3) is 2.87. The molecule has 0 spiro atoms. The molecule has 3 nitrogen and oxygen atoms in total. The molecule has 2 N–H and O–H groups in total. The number of aryl methyl sites for hydroxylation is 1. The average molecular weight is 233 g/mol. The first-order valence-electron chi connectivity index (χ1n) is 5.45. The van der Waals surface area contributed by atoms with Crippen LogP contribution in [0.3, 0.4) is 0 Å². The molecule has 0 atom stereocenters. The van der Waals surface area contributed by atoms with Gasteiger partial charge in [0.2, 0.25) is 0 Å². The van der Waals surface area contributed by atoms with E-state index in [1.165, 1.54) is 0 Å². The second-order valence-corrected chi connectivity index (χ2v) is 4.49. The molecule has 0 amide bonds. The predicted molar refractivity (Wildman–Crippen MR) is 67.3 cm³/mol. The van der Waals surface area contributed by atoms with Gasteiger partial charge in [-0.05, 0) is 37.9 Å². The topological polar surface area (TPSA) is 51.8 Å². The summed E-state index contributed by atoms with van der Waals surface area (Å²) in [6, 6.07) is 3.97. The molecule has 0 aromatic carbocycles. The molecule has 0 bridgehead atoms. The Bertz CT molecular complexity index is 425. The summed E-state index contributed by atoms with van der Waals surface area (Å²) in [5.74, 6) is 0. The van der Waals surface area contributed by atoms with E-state index in [4.69, 9.17) is 5.73 Å². The zero-order valence-corrected chi connectivity index (χ0v) is 9.91. The fourth-order valence-corrected chi connectivity index (χ4v) is 2.34. The van der Waals surface area contributed by atoms with E-state index in [0.29, 0.717) is 0 Å². The molecule has 4 heteroatoms. The van der Waals surface area contributed by atoms with Crippen LogP contribution in [-0.2, 0) is 6.42 Å². The highest BCUT2D eigenvalue weighted by Gasteiger charge is 2.03. The van der Waals surface area contributed by atoms with Gasteiger partial charge in [0.1, 0.15) is 5.01 Å². The number of nitrogens with two attached hydrogens (primary N) is 1. The van der Waals surface area contributed by atoms with E-state index in [9.17, 15) is 0 Å². The summed E-state index contributed by atoms with van der Waals surface area (Å²) >= 11 is 1.68. The Kier molecular flexibility index (Phi) is 4.02. The van der Waals surface area contributed by atoms with Gasteiger partial charge in [0.25, 0.3) is 0 Å². The molecule has 0 unspecified atom stereocenters. The molecule has 0 aliphatic carbocycles. The van der Waals surface area contributed by atoms with E-state index in [0.717, 1.165) is 42.1 Å². The Morgan fingerprint density at radius 1 is 1.31 bits per heavy atom. The fourth-order valence-electron chi connectivity index (χ4n) is 1.49. The van der Waals surface area contributed by atoms with E-state index in [1.54, 1.807) is 17.5 Å². The van der Waals surface area contributed by atoms with Gasteiger partial charge < -0.3 is 5.73 Å². The van der Waals surface area contributed by atoms with E-state index < -0.39 is 0 Å². The third-order valence-corrected chi connectivity index (χ3v) is 3.29. The van der Waals surface area contributed by atoms with Crippen molar-refractivity contribution in [3.05, 3.63) is 35.6 Å². The van der Waals surface area contributed by atoms with Crippen LogP contribution in [-0.4, -0.2) is 16.5 Å². The summed E-state index contributed by atoms with van der Waals surface area (Å²) in [5.41, 5.74) is 7.72. The van der Waals surface area contributed by atoms with Gasteiger partial charge in [0.05, 0.1) is 5.69 Å². The van der Waals surface area contributed by atoms with Crippen LogP contribution < -0.4 is 5.73 Å². The van der Waals surface area contributed by atoms with Crippen molar-refractivity contribution < 1.29 is 0 Å². The molecule has 0 aliphatic heterocycles. The standard InChI is InChI=1S/C12H15N3S/c13-6-2-1-5-11-9-16-12(15-11)10-4-3-7-14-8-10/h3-4,7-9H,1-2,5-6,13H2. The lowest BCUT2D eigenvalue weighted by atomic mass is 10.2. The van der Waals surface area contributed by atoms with Crippen LogP contribution in [0, 0.1) is 0 Å². The van der Waals surface area contributed by atoms with Crippen molar-refractivity contribution in [2.24, 2.45) is 5.73 Å². The predicted octanol–water partition coefficient (Wildman–Crippen LogP) is 2.49. The maximum Gasteiger partial charge on any atom is 0.125 e. The van der Waals surface area contributed by atoms with Crippen molar-refractivity contribution in [3.63, 3.8) is 0 Å². The highest BCUT2D eigenvalue weighted by molar-refractivity contribution is 7.13. The van der Waals surface area contributed by atoms with Gasteiger partial charge in [-0.25, -0.2) is 4.98 Å². The highest BCUT2D eigenvalue weighted by Crippen LogP contribution is 2.23. The Morgan fingerprint density at radius 2 is 2.25 bits per heavy atom. The molecule has 2 rings (SSSR count). The fraction of sp³-hybridized carbons (Fsp3) is 0.333. The zero-order chi connectivity index (χ0) is 11.2. The molecular weight excluding hydrogens is 218 g/mol. The molecule has 2 aromatic heterocycles. The first kappa shape index (κ1) is 11.2. The smallest absolute Gasteiger partial charge is 0.125 e. The van der Waals surface area contributed by atoms with E-state index >= 15 is 0 Å². The van der Waals surface area contributed by atoms with E-state index in [2.05, 4.69) is 15.3 Å². The van der Waals surface area contributed by atoms with Crippen molar-refractivity contribution in [1.29, 1.82) is 0 Å². The first-order chi connectivity index (χ1) is 7.90. The van der Waals surface area contributed by atoms with Crippen LogP contribution in [0.4, 0.5) is 0 Å². The Labute approximate surface area is 99.4 Å². The molecule has 0 fully saturated rings. The molecule has 0 saturated carbocycles. The van der Waals surface area contributed by atoms with Crippen molar-refractivity contribution in [3.8, 4) is 10.6 Å². The largest absolute Gasteiger partial charge is 0.330 e. The number of pyridine rings is 1. The summed E-state index contributed by atoms with van der Waals surface area (Å²) < 4.78 is 0. The van der Waals surface area contributed by atoms with Gasteiger partial charge >= 0.3 is 0 Å². The first-order valence-corrected chi connectivity index (χ1v) is 6.33. The minimum Gasteiger partial charge on any atom is -0.330 e. The average Bonchev–Trinajstić information content (AvgIpc) is 2.79. The minimum atomic E-state index is 0.763. The summed E-state index contributed by atoms with van der Waals surface area (Å²) in [6.45, 7) is 0.763. The summed E-state index contributed by atoms with van der Waals surface area (Å²) in [7, 11) is 0. The van der Waals surface area contributed by atoms with Crippen molar-refractivity contribution in [1.82, 2.24) is 9.97 Å². The monoisotopic (exact) mass is 233 g/mol. The molecular formula is C12H15N3S. The van der Waals surface area contributed by atoms with Gasteiger partial charge in [-0.15, -0.1) is 11.3 Å². The van der Waals surface area contributed by atoms with Gasteiger partial charge in [0.15, 0.2) is 0 Å². The van der Waals surface area contributed by atoms with Gasteiger partial charge in [-0.3, -0.25) is 4.98 Å². The van der Waals surface area contributed by atoms with Gasteiger partial charge in [-0.1, -0.05) is 0 Å². The van der Waals surface area contributed by atoms with Crippen LogP contribution in [0.5, 0.6) is 0 Å². The molecule has 2 heterocycles. The van der Waals surface area contributed by atoms with Crippen LogP contribution in [0.15, 0.2) is 29.9 Å². The zero-order valence-electron chi connectivity index (χ0n) is 9.10. The number of rotatable bonds is 5. The molecule has 2 aromatic rings. The van der Waals surface area contributed by atoms with Crippen molar-refractivity contribution >= 4 is 11.3 Å². The number of nitrogens with zero attached hydrogens (tertiary/aromatic N) is 2. The second kappa shape index (κ2) is 5.72. The van der Waals surface area contributed by atoms with Crippen LogP contribution in [0.25, 0.3) is 10.6 Å². The quantitative estimate of drug-likeness (QED) is 0.807. The molecule has 0 saturated heterocycles. The number of thiazole rings is 1. The van der Waals surface area contributed by atoms with Crippen LogP contribution in [0.2, 0.25) is 0 Å². The lowest BCUT2D eigenvalue weighted by molar-refractivity contribution is 0.736. The lowest BCUT2D eigenvalue weighted by Gasteiger charge is -1.95. The van der Waals surface area contributed by atoms with Crippen molar-refractivity contribution in [2.45, 2.75) is 19.3 Å². The highest BCUT2D eigenvalue weighted by atomic mass is 32.1.